The summed E-state index contributed by atoms with van der Waals surface area (Å²) in [7, 11) is -3.58. The minimum atomic E-state index is -3.58. The smallest absolute Gasteiger partial charge is 0.266 e. The van der Waals surface area contributed by atoms with Crippen molar-refractivity contribution in [3.8, 4) is 5.75 Å². The lowest BCUT2D eigenvalue weighted by Crippen LogP contribution is -2.63. The maximum atomic E-state index is 12.6. The second-order valence-corrected chi connectivity index (χ2v) is 12.2. The van der Waals surface area contributed by atoms with Crippen LogP contribution in [0.5, 0.6) is 5.75 Å². The predicted molar refractivity (Wildman–Crippen MR) is 117 cm³/mol. The van der Waals surface area contributed by atoms with E-state index in [1.807, 2.05) is 6.07 Å². The summed E-state index contributed by atoms with van der Waals surface area (Å²) >= 11 is 0. The number of pyridine rings is 1. The molecular formula is C24H28N2O4S. The fraction of sp³-hybridized carbons (Fsp3) is 0.542. The van der Waals surface area contributed by atoms with E-state index in [-0.39, 0.29) is 16.1 Å². The number of phenolic OH excluding ortho intramolecular Hbond substituents is 1. The van der Waals surface area contributed by atoms with Crippen LogP contribution in [0.25, 0.3) is 0 Å². The SMILES string of the molecule is CS(=O)(=O)c1cc2c([nH]c1=O)CC13CCN(CC4CC4)C(Cc4ccc(O)cc41)C3C2. The summed E-state index contributed by atoms with van der Waals surface area (Å²) in [6.07, 6.45) is 7.15. The number of aromatic nitrogens is 1. The minimum absolute atomic E-state index is 0.125. The Labute approximate surface area is 182 Å². The fourth-order valence-electron chi connectivity index (χ4n) is 6.62. The third-order valence-corrected chi connectivity index (χ3v) is 9.35. The lowest BCUT2D eigenvalue weighted by atomic mass is 9.52. The average Bonchev–Trinajstić information content (AvgIpc) is 3.52. The van der Waals surface area contributed by atoms with Crippen LogP contribution in [-0.4, -0.2) is 48.8 Å². The molecule has 7 heteroatoms. The molecule has 2 heterocycles. The lowest BCUT2D eigenvalue weighted by Gasteiger charge is -2.59. The first-order valence-electron chi connectivity index (χ1n) is 11.3. The van der Waals surface area contributed by atoms with E-state index in [1.54, 1.807) is 12.1 Å². The number of H-pyrrole nitrogens is 1. The van der Waals surface area contributed by atoms with Crippen LogP contribution in [0.3, 0.4) is 0 Å². The second kappa shape index (κ2) is 6.45. The molecule has 6 nitrogen and oxygen atoms in total. The monoisotopic (exact) mass is 440 g/mol. The average molecular weight is 441 g/mol. The Morgan fingerprint density at radius 2 is 2.00 bits per heavy atom. The van der Waals surface area contributed by atoms with Crippen molar-refractivity contribution >= 4 is 9.84 Å². The van der Waals surface area contributed by atoms with Crippen molar-refractivity contribution in [1.82, 2.24) is 9.88 Å². The van der Waals surface area contributed by atoms with Gasteiger partial charge in [-0.3, -0.25) is 9.69 Å². The minimum Gasteiger partial charge on any atom is -0.508 e. The molecule has 0 spiro atoms. The molecule has 1 aromatic heterocycles. The maximum absolute atomic E-state index is 12.6. The molecule has 31 heavy (non-hydrogen) atoms. The Morgan fingerprint density at radius 1 is 1.19 bits per heavy atom. The van der Waals surface area contributed by atoms with Crippen LogP contribution >= 0.6 is 0 Å². The van der Waals surface area contributed by atoms with Crippen LogP contribution in [0.15, 0.2) is 34.0 Å². The first kappa shape index (κ1) is 19.6. The number of hydrogen-bond acceptors (Lipinski definition) is 5. The molecule has 3 aliphatic carbocycles. The van der Waals surface area contributed by atoms with Crippen LogP contribution in [0.4, 0.5) is 0 Å². The number of phenols is 1. The van der Waals surface area contributed by atoms with Crippen LogP contribution in [-0.2, 0) is 34.5 Å². The van der Waals surface area contributed by atoms with Crippen molar-refractivity contribution < 1.29 is 13.5 Å². The number of benzene rings is 1. The van der Waals surface area contributed by atoms with Crippen LogP contribution in [0.2, 0.25) is 0 Å². The van der Waals surface area contributed by atoms with Crippen molar-refractivity contribution in [2.45, 2.75) is 54.9 Å². The summed E-state index contributed by atoms with van der Waals surface area (Å²) in [6.45, 7) is 2.19. The summed E-state index contributed by atoms with van der Waals surface area (Å²) in [5.41, 5.74) is 3.70. The maximum Gasteiger partial charge on any atom is 0.266 e. The van der Waals surface area contributed by atoms with Gasteiger partial charge in [-0.15, -0.1) is 0 Å². The quantitative estimate of drug-likeness (QED) is 0.764. The van der Waals surface area contributed by atoms with Crippen molar-refractivity contribution in [3.63, 3.8) is 0 Å². The first-order valence-corrected chi connectivity index (χ1v) is 13.2. The molecule has 2 fully saturated rings. The van der Waals surface area contributed by atoms with Crippen molar-refractivity contribution in [2.75, 3.05) is 19.3 Å². The van der Waals surface area contributed by atoms with Crippen molar-refractivity contribution in [1.29, 1.82) is 0 Å². The number of hydrogen-bond donors (Lipinski definition) is 2. The third kappa shape index (κ3) is 3.00. The van der Waals surface area contributed by atoms with Gasteiger partial charge in [0.25, 0.3) is 5.56 Å². The van der Waals surface area contributed by atoms with E-state index in [0.29, 0.717) is 18.4 Å². The number of fused-ring (bicyclic) bond motifs is 2. The highest BCUT2D eigenvalue weighted by Crippen LogP contribution is 2.55. The van der Waals surface area contributed by atoms with Crippen LogP contribution < -0.4 is 5.56 Å². The number of nitrogens with one attached hydrogen (secondary N) is 1. The van der Waals surface area contributed by atoms with E-state index in [1.165, 1.54) is 24.0 Å². The molecule has 3 atom stereocenters. The summed E-state index contributed by atoms with van der Waals surface area (Å²) < 4.78 is 24.3. The van der Waals surface area contributed by atoms with Gasteiger partial charge in [-0.05, 0) is 91.8 Å². The standard InChI is InChI=1S/C24H28N2O4S/c1-31(29,30)22-10-16-8-19-21-9-15-4-5-17(27)11-18(15)24(19,12-20(16)25-23(22)28)6-7-26(21)13-14-2-3-14/h4-5,10-11,14,19,21,27H,2-3,6-9,12-13H2,1H3,(H,25,28). The summed E-state index contributed by atoms with van der Waals surface area (Å²) in [4.78, 5) is 18.0. The molecule has 6 rings (SSSR count). The van der Waals surface area contributed by atoms with Crippen molar-refractivity contribution in [3.05, 3.63) is 57.0 Å². The molecule has 1 saturated heterocycles. The largest absolute Gasteiger partial charge is 0.508 e. The van der Waals surface area contributed by atoms with Gasteiger partial charge in [-0.2, -0.15) is 0 Å². The van der Waals surface area contributed by atoms with Gasteiger partial charge in [0.2, 0.25) is 0 Å². The highest BCUT2D eigenvalue weighted by atomic mass is 32.2. The molecule has 1 saturated carbocycles. The molecule has 4 aliphatic rings. The normalized spacial score (nSPS) is 29.7. The van der Waals surface area contributed by atoms with Crippen LogP contribution in [0, 0.1) is 11.8 Å². The number of likely N-dealkylation sites (tertiary alicyclic amines) is 1. The predicted octanol–water partition coefficient (Wildman–Crippen LogP) is 2.18. The zero-order chi connectivity index (χ0) is 21.5. The highest BCUT2D eigenvalue weighted by molar-refractivity contribution is 7.90. The van der Waals surface area contributed by atoms with E-state index in [4.69, 9.17) is 0 Å². The Hall–Kier alpha value is -2.12. The van der Waals surface area contributed by atoms with E-state index in [9.17, 15) is 18.3 Å². The molecule has 3 unspecified atom stereocenters. The Balaban J connectivity index is 1.51. The summed E-state index contributed by atoms with van der Waals surface area (Å²) in [5, 5.41) is 10.3. The van der Waals surface area contributed by atoms with Gasteiger partial charge >= 0.3 is 0 Å². The van der Waals surface area contributed by atoms with Gasteiger partial charge in [-0.1, -0.05) is 6.07 Å². The topological polar surface area (TPSA) is 90.5 Å². The van der Waals surface area contributed by atoms with E-state index >= 15 is 0 Å². The molecule has 1 aromatic carbocycles. The first-order chi connectivity index (χ1) is 14.7. The van der Waals surface area contributed by atoms with Gasteiger partial charge in [0.05, 0.1) is 0 Å². The third-order valence-electron chi connectivity index (χ3n) is 8.25. The number of aromatic amines is 1. The Kier molecular flexibility index (Phi) is 4.07. The van der Waals surface area contributed by atoms with Gasteiger partial charge < -0.3 is 10.1 Å². The summed E-state index contributed by atoms with van der Waals surface area (Å²) in [5.74, 6) is 1.45. The summed E-state index contributed by atoms with van der Waals surface area (Å²) in [6, 6.07) is 7.82. The highest BCUT2D eigenvalue weighted by Gasteiger charge is 2.55. The number of sulfone groups is 1. The number of piperidine rings is 1. The Morgan fingerprint density at radius 3 is 2.74 bits per heavy atom. The van der Waals surface area contributed by atoms with E-state index in [0.717, 1.165) is 55.8 Å². The van der Waals surface area contributed by atoms with Gasteiger partial charge in [-0.25, -0.2) is 8.42 Å². The molecule has 2 N–H and O–H groups in total. The molecule has 0 amide bonds. The van der Waals surface area contributed by atoms with Gasteiger partial charge in [0, 0.05) is 30.0 Å². The van der Waals surface area contributed by atoms with E-state index in [2.05, 4.69) is 16.0 Å². The zero-order valence-electron chi connectivity index (χ0n) is 17.7. The molecule has 0 radical (unpaired) electrons. The Bertz CT molecular complexity index is 1250. The fourth-order valence-corrected chi connectivity index (χ4v) is 7.36. The molecule has 164 valence electrons. The number of aromatic hydroxyl groups is 1. The van der Waals surface area contributed by atoms with Crippen molar-refractivity contribution in [2.24, 2.45) is 11.8 Å². The van der Waals surface area contributed by atoms with Gasteiger partial charge in [0.1, 0.15) is 10.6 Å². The van der Waals surface area contributed by atoms with Gasteiger partial charge in [0.15, 0.2) is 9.84 Å². The van der Waals surface area contributed by atoms with E-state index < -0.39 is 15.4 Å². The molecule has 2 aromatic rings. The zero-order valence-corrected chi connectivity index (χ0v) is 18.5. The number of nitrogens with zero attached hydrogens (tertiary/aromatic N) is 1. The van der Waals surface area contributed by atoms with Crippen LogP contribution in [0.1, 0.15) is 41.6 Å². The molecule has 2 bridgehead atoms. The second-order valence-electron chi connectivity index (χ2n) is 10.2. The number of rotatable bonds is 3. The molecule has 1 aliphatic heterocycles. The lowest BCUT2D eigenvalue weighted by molar-refractivity contribution is 0.00453. The molecular weight excluding hydrogens is 412 g/mol.